The van der Waals surface area contributed by atoms with Crippen molar-refractivity contribution in [1.82, 2.24) is 4.57 Å². The summed E-state index contributed by atoms with van der Waals surface area (Å²) in [4.78, 5) is 32.9. The van der Waals surface area contributed by atoms with E-state index in [4.69, 9.17) is 30.8 Å². The molecule has 0 N–H and O–H groups in total. The van der Waals surface area contributed by atoms with Crippen LogP contribution in [0.25, 0.3) is 11.8 Å². The predicted octanol–water partition coefficient (Wildman–Crippen LogP) is 6.19. The fourth-order valence-electron chi connectivity index (χ4n) is 5.42. The number of benzene rings is 4. The summed E-state index contributed by atoms with van der Waals surface area (Å²) >= 11 is 7.81. The van der Waals surface area contributed by atoms with Crippen LogP contribution in [0.15, 0.2) is 106 Å². The summed E-state index contributed by atoms with van der Waals surface area (Å²) in [5.41, 5.74) is 3.02. The van der Waals surface area contributed by atoms with E-state index in [0.717, 1.165) is 11.3 Å². The number of hydrogen-bond acceptors (Lipinski definition) is 8. The highest BCUT2D eigenvalue weighted by atomic mass is 35.5. The number of nitrogens with zero attached hydrogens (tertiary/aromatic N) is 3. The summed E-state index contributed by atoms with van der Waals surface area (Å²) in [6.07, 6.45) is 1.66. The molecule has 240 valence electrons. The maximum atomic E-state index is 14.2. The van der Waals surface area contributed by atoms with E-state index in [-0.39, 0.29) is 29.6 Å². The molecular weight excluding hydrogens is 653 g/mol. The monoisotopic (exact) mass is 679 g/mol. The van der Waals surface area contributed by atoms with Gasteiger partial charge in [-0.05, 0) is 54.5 Å². The summed E-state index contributed by atoms with van der Waals surface area (Å²) in [6, 6.07) is 26.4. The summed E-state index contributed by atoms with van der Waals surface area (Å²) in [6.45, 7) is 1.90. The Hall–Kier alpha value is -5.50. The molecule has 0 amide bonds. The van der Waals surface area contributed by atoms with Gasteiger partial charge in [0.15, 0.2) is 16.3 Å². The summed E-state index contributed by atoms with van der Waals surface area (Å²) in [7, 11) is 1.48. The molecule has 0 spiro atoms. The molecule has 0 fully saturated rings. The number of carbonyl (C=O) groups excluding carboxylic acids is 1. The van der Waals surface area contributed by atoms with E-state index in [2.05, 4.69) is 6.07 Å². The van der Waals surface area contributed by atoms with Crippen LogP contribution in [0.1, 0.15) is 40.8 Å². The van der Waals surface area contributed by atoms with Crippen LogP contribution in [0.4, 0.5) is 4.39 Å². The Morgan fingerprint density at radius 3 is 2.52 bits per heavy atom. The molecule has 0 saturated heterocycles. The highest BCUT2D eigenvalue weighted by Gasteiger charge is 2.35. The maximum absolute atomic E-state index is 14.2. The molecule has 5 aromatic rings. The summed E-state index contributed by atoms with van der Waals surface area (Å²) in [5, 5.41) is 9.67. The van der Waals surface area contributed by atoms with Crippen LogP contribution in [0.5, 0.6) is 11.5 Å². The molecule has 0 radical (unpaired) electrons. The number of methoxy groups -OCH3 is 1. The lowest BCUT2D eigenvalue weighted by molar-refractivity contribution is -0.138. The van der Waals surface area contributed by atoms with Gasteiger partial charge in [0.1, 0.15) is 12.4 Å². The van der Waals surface area contributed by atoms with Crippen molar-refractivity contribution in [3.05, 3.63) is 155 Å². The normalized spacial score (nSPS) is 14.1. The van der Waals surface area contributed by atoms with Crippen molar-refractivity contribution in [3.63, 3.8) is 0 Å². The second-order valence-corrected chi connectivity index (χ2v) is 12.0. The van der Waals surface area contributed by atoms with Gasteiger partial charge in [-0.15, -0.1) is 0 Å². The number of rotatable bonds is 9. The van der Waals surface area contributed by atoms with Crippen LogP contribution in [-0.2, 0) is 16.1 Å². The Morgan fingerprint density at radius 2 is 1.81 bits per heavy atom. The number of ether oxygens (including phenoxy) is 3. The topological polar surface area (TPSA) is 103 Å². The van der Waals surface area contributed by atoms with Gasteiger partial charge in [0, 0.05) is 11.1 Å². The number of esters is 1. The summed E-state index contributed by atoms with van der Waals surface area (Å²) < 4.78 is 32.8. The third-order valence-electron chi connectivity index (χ3n) is 7.62. The van der Waals surface area contributed by atoms with E-state index in [0.29, 0.717) is 48.6 Å². The van der Waals surface area contributed by atoms with Gasteiger partial charge in [-0.3, -0.25) is 9.36 Å². The minimum atomic E-state index is -0.941. The van der Waals surface area contributed by atoms with Crippen LogP contribution in [0.3, 0.4) is 0 Å². The Labute approximate surface area is 283 Å². The number of hydrogen-bond donors (Lipinski definition) is 0. The largest absolute Gasteiger partial charge is 0.493 e. The summed E-state index contributed by atoms with van der Waals surface area (Å²) in [5.74, 6) is -0.471. The highest BCUT2D eigenvalue weighted by Crippen LogP contribution is 2.38. The molecule has 0 bridgehead atoms. The first-order valence-corrected chi connectivity index (χ1v) is 16.0. The zero-order chi connectivity index (χ0) is 33.8. The molecule has 1 atom stereocenters. The third-order valence-corrected chi connectivity index (χ3v) is 8.88. The Morgan fingerprint density at radius 1 is 1.08 bits per heavy atom. The lowest BCUT2D eigenvalue weighted by atomic mass is 9.93. The van der Waals surface area contributed by atoms with Crippen LogP contribution in [0, 0.1) is 17.1 Å². The molecule has 2 heterocycles. The van der Waals surface area contributed by atoms with Crippen molar-refractivity contribution in [2.24, 2.45) is 4.99 Å². The van der Waals surface area contributed by atoms with Crippen LogP contribution >= 0.6 is 22.9 Å². The SMILES string of the molecule is CCOC(=O)C1=C(c2ccccc2)N=c2s/c(=C\c3cc(Cl)c(OCc4ccccc4C#N)c(OC)c3)c(=O)n2[C@@H]1c1ccc(F)cc1. The van der Waals surface area contributed by atoms with E-state index in [1.807, 2.05) is 36.4 Å². The standard InChI is InChI=1S/C37H27ClFN3O5S/c1-3-46-36(44)31-32(23-9-5-4-6-10-23)41-37-42(33(31)24-13-15-27(39)16-14-24)35(43)30(48-37)19-22-17-28(38)34(29(18-22)45-2)47-21-26-12-8-7-11-25(26)20-40/h4-19,33H,3,21H2,1-2H3/b30-19-/t33-/m1/s1. The van der Waals surface area contributed by atoms with Crippen LogP contribution in [-0.4, -0.2) is 24.3 Å². The zero-order valence-electron chi connectivity index (χ0n) is 25.8. The fraction of sp³-hybridized carbons (Fsp3) is 0.135. The number of nitriles is 1. The molecule has 1 aliphatic rings. The van der Waals surface area contributed by atoms with Gasteiger partial charge >= 0.3 is 5.97 Å². The number of carbonyl (C=O) groups is 1. The first-order valence-electron chi connectivity index (χ1n) is 14.8. The number of aromatic nitrogens is 1. The average Bonchev–Trinajstić information content (AvgIpc) is 3.41. The van der Waals surface area contributed by atoms with Gasteiger partial charge in [-0.25, -0.2) is 14.2 Å². The Bertz CT molecular complexity index is 2280. The second-order valence-electron chi connectivity index (χ2n) is 10.6. The number of thiazole rings is 1. The van der Waals surface area contributed by atoms with Crippen molar-refractivity contribution < 1.29 is 23.4 Å². The quantitative estimate of drug-likeness (QED) is 0.172. The van der Waals surface area contributed by atoms with Gasteiger partial charge < -0.3 is 14.2 Å². The maximum Gasteiger partial charge on any atom is 0.338 e. The molecule has 4 aromatic carbocycles. The molecule has 0 aliphatic carbocycles. The highest BCUT2D eigenvalue weighted by molar-refractivity contribution is 7.07. The Balaban J connectivity index is 1.49. The van der Waals surface area contributed by atoms with E-state index in [9.17, 15) is 19.2 Å². The molecule has 1 aliphatic heterocycles. The van der Waals surface area contributed by atoms with E-state index >= 15 is 0 Å². The number of fused-ring (bicyclic) bond motifs is 1. The first kappa shape index (κ1) is 32.4. The fourth-order valence-corrected chi connectivity index (χ4v) is 6.70. The minimum absolute atomic E-state index is 0.0910. The Kier molecular flexibility index (Phi) is 9.52. The molecule has 0 unspecified atom stereocenters. The van der Waals surface area contributed by atoms with E-state index in [1.165, 1.54) is 23.8 Å². The van der Waals surface area contributed by atoms with Crippen molar-refractivity contribution in [2.45, 2.75) is 19.6 Å². The average molecular weight is 680 g/mol. The third kappa shape index (κ3) is 6.38. The lowest BCUT2D eigenvalue weighted by Gasteiger charge is -2.25. The molecule has 6 rings (SSSR count). The van der Waals surface area contributed by atoms with Gasteiger partial charge in [-0.1, -0.05) is 83.6 Å². The van der Waals surface area contributed by atoms with Crippen molar-refractivity contribution in [2.75, 3.05) is 13.7 Å². The molecule has 11 heteroatoms. The van der Waals surface area contributed by atoms with Gasteiger partial charge in [0.25, 0.3) is 5.56 Å². The molecule has 48 heavy (non-hydrogen) atoms. The minimum Gasteiger partial charge on any atom is -0.493 e. The van der Waals surface area contributed by atoms with Gasteiger partial charge in [0.05, 0.1) is 52.2 Å². The van der Waals surface area contributed by atoms with E-state index < -0.39 is 23.4 Å². The van der Waals surface area contributed by atoms with Gasteiger partial charge in [0.2, 0.25) is 0 Å². The molecule has 8 nitrogen and oxygen atoms in total. The molecule has 1 aromatic heterocycles. The lowest BCUT2D eigenvalue weighted by Crippen LogP contribution is -2.40. The van der Waals surface area contributed by atoms with Crippen molar-refractivity contribution in [1.29, 1.82) is 5.26 Å². The van der Waals surface area contributed by atoms with Crippen LogP contribution in [0.2, 0.25) is 5.02 Å². The van der Waals surface area contributed by atoms with Crippen molar-refractivity contribution in [3.8, 4) is 17.6 Å². The first-order chi connectivity index (χ1) is 23.3. The molecular formula is C37H27ClFN3O5S. The molecule has 0 saturated carbocycles. The predicted molar refractivity (Wildman–Crippen MR) is 181 cm³/mol. The smallest absolute Gasteiger partial charge is 0.338 e. The van der Waals surface area contributed by atoms with Gasteiger partial charge in [-0.2, -0.15) is 5.26 Å². The zero-order valence-corrected chi connectivity index (χ0v) is 27.3. The van der Waals surface area contributed by atoms with Crippen molar-refractivity contribution >= 4 is 40.7 Å². The number of halogens is 2. The second kappa shape index (κ2) is 14.1. The van der Waals surface area contributed by atoms with E-state index in [1.54, 1.807) is 55.5 Å². The van der Waals surface area contributed by atoms with Crippen LogP contribution < -0.4 is 24.4 Å².